The van der Waals surface area contributed by atoms with Crippen LogP contribution in [0.15, 0.2) is 76.5 Å². The summed E-state index contributed by atoms with van der Waals surface area (Å²) in [6, 6.07) is 0. The Morgan fingerprint density at radius 2 is 1.82 bits per heavy atom. The Bertz CT molecular complexity index is 1150. The van der Waals surface area contributed by atoms with Gasteiger partial charge in [-0.2, -0.15) is 0 Å². The summed E-state index contributed by atoms with van der Waals surface area (Å²) in [5.41, 5.74) is 11.2. The Hall–Kier alpha value is -3.43. The van der Waals surface area contributed by atoms with Gasteiger partial charge < -0.3 is 24.8 Å². The van der Waals surface area contributed by atoms with Gasteiger partial charge in [-0.25, -0.2) is 4.79 Å². The van der Waals surface area contributed by atoms with Crippen LogP contribution in [0.25, 0.3) is 10.4 Å². The van der Waals surface area contributed by atoms with E-state index in [1.165, 1.54) is 6.08 Å². The smallest absolute Gasteiger partial charge is 0.331 e. The van der Waals surface area contributed by atoms with Gasteiger partial charge in [-0.05, 0) is 64.3 Å². The summed E-state index contributed by atoms with van der Waals surface area (Å²) in [7, 11) is 0. The van der Waals surface area contributed by atoms with Crippen LogP contribution in [0.3, 0.4) is 0 Å². The Morgan fingerprint density at radius 1 is 1.11 bits per heavy atom. The average Bonchev–Trinajstić information content (AvgIpc) is 2.94. The molecule has 0 spiro atoms. The van der Waals surface area contributed by atoms with Gasteiger partial charge in [0, 0.05) is 36.8 Å². The van der Waals surface area contributed by atoms with Gasteiger partial charge in [-0.15, -0.1) is 0 Å². The fraction of sp³-hybridized carbons (Fsp3) is 0.588. The highest BCUT2D eigenvalue weighted by Crippen LogP contribution is 2.22. The maximum Gasteiger partial charge on any atom is 0.331 e. The fourth-order valence-corrected chi connectivity index (χ4v) is 4.63. The van der Waals surface area contributed by atoms with Gasteiger partial charge in [0.2, 0.25) is 0 Å². The van der Waals surface area contributed by atoms with E-state index in [1.54, 1.807) is 19.1 Å². The summed E-state index contributed by atoms with van der Waals surface area (Å²) in [6.45, 7) is 11.4. The lowest BCUT2D eigenvalue weighted by atomic mass is 9.94. The molecule has 0 amide bonds. The lowest BCUT2D eigenvalue weighted by Gasteiger charge is -2.25. The number of aliphatic hydroxyl groups excluding tert-OH is 3. The van der Waals surface area contributed by atoms with Gasteiger partial charge in [-0.3, -0.25) is 4.79 Å². The molecule has 1 aliphatic rings. The van der Waals surface area contributed by atoms with Crippen LogP contribution in [0.5, 0.6) is 0 Å². The third-order valence-electron chi connectivity index (χ3n) is 7.23. The lowest BCUT2D eigenvalue weighted by Crippen LogP contribution is -2.28. The first-order chi connectivity index (χ1) is 20.8. The van der Waals surface area contributed by atoms with Crippen molar-refractivity contribution in [3.63, 3.8) is 0 Å². The van der Waals surface area contributed by atoms with Gasteiger partial charge in [-0.1, -0.05) is 84.3 Å². The van der Waals surface area contributed by atoms with Crippen molar-refractivity contribution in [2.45, 2.75) is 111 Å². The van der Waals surface area contributed by atoms with E-state index < -0.39 is 24.3 Å². The van der Waals surface area contributed by atoms with Crippen molar-refractivity contribution in [2.24, 2.45) is 17.0 Å². The zero-order chi connectivity index (χ0) is 33.1. The molecule has 0 saturated heterocycles. The first-order valence-electron chi connectivity index (χ1n) is 15.3. The molecule has 0 unspecified atom stereocenters. The highest BCUT2D eigenvalue weighted by Gasteiger charge is 2.24. The first kappa shape index (κ1) is 38.6. The number of carbonyl (C=O) groups is 2. The molecule has 1 rings (SSSR count). The minimum Gasteiger partial charge on any atom is -0.462 e. The molecule has 244 valence electrons. The number of carbonyl (C=O) groups excluding carboxylic acids is 2. The maximum absolute atomic E-state index is 12.7. The minimum atomic E-state index is -1.06. The number of allylic oxidation sites excluding steroid dienone is 9. The maximum atomic E-state index is 12.7. The van der Waals surface area contributed by atoms with Gasteiger partial charge in [0.25, 0.3) is 0 Å². The standard InChI is InChI=1S/C34H51N3O7/c1-23(11-9-12-24(2)20-29(39)30(40)21-28(6)38)19-25(3)17-18-34(42)43-31-15-10-16-33(41)44-32(27(5)22-36-37-35)14-8-7-13-26(31)4/h7-9,11-12,17-20,26-32,38-40H,10,13-16,21-22H2,1-6H3/t26-,27-,28-,29-,30-,31-,32+/m0/s1. The van der Waals surface area contributed by atoms with Gasteiger partial charge >= 0.3 is 11.9 Å². The second kappa shape index (κ2) is 21.3. The Balaban J connectivity index is 2.75. The molecule has 10 nitrogen and oxygen atoms in total. The number of ether oxygens (including phenoxy) is 2. The Morgan fingerprint density at radius 3 is 2.50 bits per heavy atom. The molecule has 10 heteroatoms. The normalized spacial score (nSPS) is 24.1. The second-order valence-electron chi connectivity index (χ2n) is 11.8. The number of hydrogen-bond acceptors (Lipinski definition) is 8. The monoisotopic (exact) mass is 613 g/mol. The molecule has 1 heterocycles. The number of azide groups is 1. The molecule has 7 atom stereocenters. The number of esters is 2. The van der Waals surface area contributed by atoms with Crippen LogP contribution >= 0.6 is 0 Å². The van der Waals surface area contributed by atoms with Crippen molar-refractivity contribution < 1.29 is 34.4 Å². The molecule has 44 heavy (non-hydrogen) atoms. The van der Waals surface area contributed by atoms with Crippen LogP contribution in [0.2, 0.25) is 0 Å². The van der Waals surface area contributed by atoms with E-state index in [0.717, 1.165) is 16.7 Å². The summed E-state index contributed by atoms with van der Waals surface area (Å²) >= 11 is 0. The van der Waals surface area contributed by atoms with Crippen LogP contribution in [0.4, 0.5) is 0 Å². The van der Waals surface area contributed by atoms with Crippen LogP contribution in [0, 0.1) is 11.8 Å². The zero-order valence-corrected chi connectivity index (χ0v) is 27.0. The van der Waals surface area contributed by atoms with Crippen LogP contribution in [-0.4, -0.2) is 64.3 Å². The molecule has 0 aromatic rings. The SMILES string of the molecule is CC(=CC=CC(C)=C[C@H](O)[C@@H](O)C[C@H](C)O)C=C(C)C=CC(=O)O[C@H]1CCCC(=O)O[C@@H]([C@@H](C)CN=[N+]=[N-])CC=CC[C@@H]1C. The van der Waals surface area contributed by atoms with Crippen molar-refractivity contribution in [1.29, 1.82) is 0 Å². The van der Waals surface area contributed by atoms with Crippen LogP contribution in [0.1, 0.15) is 80.1 Å². The molecule has 0 radical (unpaired) electrons. The number of rotatable bonds is 13. The Labute approximate surface area is 262 Å². The molecule has 1 aliphatic heterocycles. The number of hydrogen-bond donors (Lipinski definition) is 3. The zero-order valence-electron chi connectivity index (χ0n) is 27.0. The van der Waals surface area contributed by atoms with Crippen molar-refractivity contribution in [2.75, 3.05) is 6.54 Å². The third kappa shape index (κ3) is 17.0. The number of nitrogens with zero attached hydrogens (tertiary/aromatic N) is 3. The summed E-state index contributed by atoms with van der Waals surface area (Å²) in [5.74, 6) is -0.794. The topological polar surface area (TPSA) is 162 Å². The predicted molar refractivity (Wildman–Crippen MR) is 172 cm³/mol. The van der Waals surface area contributed by atoms with Crippen molar-refractivity contribution in [3.05, 3.63) is 81.8 Å². The molecule has 0 aromatic heterocycles. The van der Waals surface area contributed by atoms with Crippen LogP contribution < -0.4 is 0 Å². The lowest BCUT2D eigenvalue weighted by molar-refractivity contribution is -0.151. The highest BCUT2D eigenvalue weighted by atomic mass is 16.5. The second-order valence-corrected chi connectivity index (χ2v) is 11.8. The quantitative estimate of drug-likeness (QED) is 0.0414. The predicted octanol–water partition coefficient (Wildman–Crippen LogP) is 6.36. The van der Waals surface area contributed by atoms with E-state index in [2.05, 4.69) is 10.0 Å². The molecular weight excluding hydrogens is 562 g/mol. The summed E-state index contributed by atoms with van der Waals surface area (Å²) in [6.07, 6.45) is 15.2. The molecule has 0 fully saturated rings. The van der Waals surface area contributed by atoms with Crippen molar-refractivity contribution in [3.8, 4) is 0 Å². The number of aliphatic hydroxyl groups is 3. The van der Waals surface area contributed by atoms with E-state index in [9.17, 15) is 24.9 Å². The molecule has 0 bridgehead atoms. The molecule has 0 aliphatic carbocycles. The molecular formula is C34H51N3O7. The van der Waals surface area contributed by atoms with E-state index in [-0.39, 0.29) is 49.4 Å². The largest absolute Gasteiger partial charge is 0.462 e. The van der Waals surface area contributed by atoms with Gasteiger partial charge in [0.05, 0.1) is 18.3 Å². The van der Waals surface area contributed by atoms with E-state index in [1.807, 2.05) is 71.1 Å². The minimum absolute atomic E-state index is 0.0619. The fourth-order valence-electron chi connectivity index (χ4n) is 4.63. The third-order valence-corrected chi connectivity index (χ3v) is 7.23. The van der Waals surface area contributed by atoms with E-state index in [4.69, 9.17) is 15.0 Å². The molecule has 0 saturated carbocycles. The first-order valence-corrected chi connectivity index (χ1v) is 15.3. The average molecular weight is 614 g/mol. The highest BCUT2D eigenvalue weighted by molar-refractivity contribution is 5.82. The molecule has 3 N–H and O–H groups in total. The molecule has 0 aromatic carbocycles. The van der Waals surface area contributed by atoms with E-state index >= 15 is 0 Å². The van der Waals surface area contributed by atoms with Gasteiger partial charge in [0.15, 0.2) is 0 Å². The van der Waals surface area contributed by atoms with Crippen molar-refractivity contribution in [1.82, 2.24) is 0 Å². The van der Waals surface area contributed by atoms with E-state index in [0.29, 0.717) is 25.7 Å². The number of cyclic esters (lactones) is 1. The Kier molecular flexibility index (Phi) is 18.7. The van der Waals surface area contributed by atoms with Crippen LogP contribution in [-0.2, 0) is 19.1 Å². The summed E-state index contributed by atoms with van der Waals surface area (Å²) in [5, 5.41) is 32.9. The van der Waals surface area contributed by atoms with Gasteiger partial charge in [0.1, 0.15) is 12.2 Å². The summed E-state index contributed by atoms with van der Waals surface area (Å²) in [4.78, 5) is 27.9. The van der Waals surface area contributed by atoms with Crippen molar-refractivity contribution >= 4 is 11.9 Å². The summed E-state index contributed by atoms with van der Waals surface area (Å²) < 4.78 is 11.4.